The van der Waals surface area contributed by atoms with Gasteiger partial charge in [-0.05, 0) is 51.3 Å². The summed E-state index contributed by atoms with van der Waals surface area (Å²) < 4.78 is 5.66. The van der Waals surface area contributed by atoms with E-state index in [0.717, 1.165) is 51.6 Å². The fraction of sp³-hybridized carbons (Fsp3) is 0.667. The van der Waals surface area contributed by atoms with Crippen molar-refractivity contribution in [3.63, 3.8) is 0 Å². The van der Waals surface area contributed by atoms with E-state index in [1.807, 2.05) is 0 Å². The number of nitrogens with one attached hydrogen (secondary N) is 1. The molecule has 0 spiro atoms. The fourth-order valence-corrected chi connectivity index (χ4v) is 4.14. The Morgan fingerprint density at radius 1 is 1.19 bits per heavy atom. The van der Waals surface area contributed by atoms with E-state index >= 15 is 0 Å². The van der Waals surface area contributed by atoms with E-state index in [1.165, 1.54) is 31.5 Å². The molecule has 1 N–H and O–H groups in total. The molecule has 27 heavy (non-hydrogen) atoms. The number of halogens is 1. The van der Waals surface area contributed by atoms with Crippen LogP contribution >= 0.6 is 24.0 Å². The maximum atomic E-state index is 5.66. The van der Waals surface area contributed by atoms with Crippen LogP contribution < -0.4 is 5.32 Å². The predicted octanol–water partition coefficient (Wildman–Crippen LogP) is 3.35. The first-order chi connectivity index (χ1) is 12.7. The molecule has 2 aliphatic heterocycles. The third-order valence-corrected chi connectivity index (χ3v) is 5.68. The predicted molar refractivity (Wildman–Crippen MR) is 123 cm³/mol. The monoisotopic (exact) mass is 486 g/mol. The summed E-state index contributed by atoms with van der Waals surface area (Å²) in [6, 6.07) is 10.6. The molecule has 0 aromatic heterocycles. The lowest BCUT2D eigenvalue weighted by Crippen LogP contribution is -2.54. The fourth-order valence-electron chi connectivity index (χ4n) is 4.14. The lowest BCUT2D eigenvalue weighted by molar-refractivity contribution is -0.0139. The maximum absolute atomic E-state index is 5.66. The van der Waals surface area contributed by atoms with Gasteiger partial charge < -0.3 is 15.0 Å². The van der Waals surface area contributed by atoms with Gasteiger partial charge in [0.2, 0.25) is 0 Å². The molecule has 0 unspecified atom stereocenters. The van der Waals surface area contributed by atoms with Gasteiger partial charge in [0, 0.05) is 38.9 Å². The topological polar surface area (TPSA) is 40.1 Å². The molecular formula is C21H35IN4O. The van der Waals surface area contributed by atoms with Crippen molar-refractivity contribution in [2.75, 3.05) is 46.4 Å². The molecular weight excluding hydrogens is 451 g/mol. The molecule has 0 radical (unpaired) electrons. The first-order valence-corrected chi connectivity index (χ1v) is 10.1. The van der Waals surface area contributed by atoms with Crippen LogP contribution in [0.25, 0.3) is 0 Å². The van der Waals surface area contributed by atoms with Gasteiger partial charge in [0.1, 0.15) is 0 Å². The van der Waals surface area contributed by atoms with Crippen LogP contribution in [0.3, 0.4) is 0 Å². The van der Waals surface area contributed by atoms with Crippen LogP contribution in [0, 0.1) is 0 Å². The van der Waals surface area contributed by atoms with Gasteiger partial charge in [0.15, 0.2) is 5.96 Å². The highest BCUT2D eigenvalue weighted by Gasteiger charge is 2.39. The van der Waals surface area contributed by atoms with E-state index in [9.17, 15) is 0 Å². The van der Waals surface area contributed by atoms with Gasteiger partial charge in [-0.1, -0.05) is 30.3 Å². The van der Waals surface area contributed by atoms with Crippen LogP contribution in [-0.4, -0.2) is 67.7 Å². The molecule has 3 rings (SSSR count). The first kappa shape index (κ1) is 22.4. The Bertz CT molecular complexity index is 569. The number of benzene rings is 1. The number of rotatable bonds is 6. The van der Waals surface area contributed by atoms with Crippen molar-refractivity contribution in [2.24, 2.45) is 4.99 Å². The molecule has 1 aromatic carbocycles. The Hall–Kier alpha value is -0.860. The van der Waals surface area contributed by atoms with Crippen LogP contribution in [0.5, 0.6) is 0 Å². The van der Waals surface area contributed by atoms with Crippen molar-refractivity contribution in [2.45, 2.75) is 44.7 Å². The number of hydrogen-bond acceptors (Lipinski definition) is 3. The molecule has 0 amide bonds. The quantitative estimate of drug-likeness (QED) is 0.381. The molecule has 0 saturated carbocycles. The number of hydrogen-bond donors (Lipinski definition) is 1. The summed E-state index contributed by atoms with van der Waals surface area (Å²) in [6.45, 7) is 8.90. The maximum Gasteiger partial charge on any atom is 0.194 e. The molecule has 2 fully saturated rings. The van der Waals surface area contributed by atoms with Crippen LogP contribution in [0.1, 0.15) is 38.2 Å². The van der Waals surface area contributed by atoms with Crippen molar-refractivity contribution in [3.05, 3.63) is 35.9 Å². The second kappa shape index (κ2) is 11.2. The van der Waals surface area contributed by atoms with Gasteiger partial charge in [-0.2, -0.15) is 0 Å². The average molecular weight is 486 g/mol. The third-order valence-electron chi connectivity index (χ3n) is 5.68. The molecule has 152 valence electrons. The number of ether oxygens (including phenoxy) is 1. The van der Waals surface area contributed by atoms with Gasteiger partial charge >= 0.3 is 0 Å². The van der Waals surface area contributed by atoms with Crippen LogP contribution in [0.15, 0.2) is 35.3 Å². The van der Waals surface area contributed by atoms with Gasteiger partial charge in [-0.25, -0.2) is 0 Å². The third kappa shape index (κ3) is 6.06. The highest BCUT2D eigenvalue weighted by atomic mass is 127. The minimum Gasteiger partial charge on any atom is -0.381 e. The van der Waals surface area contributed by atoms with Crippen molar-refractivity contribution >= 4 is 29.9 Å². The second-order valence-electron chi connectivity index (χ2n) is 7.54. The zero-order chi connectivity index (χ0) is 18.2. The zero-order valence-corrected chi connectivity index (χ0v) is 19.2. The molecule has 2 heterocycles. The summed E-state index contributed by atoms with van der Waals surface area (Å²) in [5.74, 6) is 1.00. The summed E-state index contributed by atoms with van der Waals surface area (Å²) in [4.78, 5) is 10.00. The van der Waals surface area contributed by atoms with Crippen molar-refractivity contribution in [3.8, 4) is 0 Å². The molecule has 0 atom stereocenters. The highest BCUT2D eigenvalue weighted by molar-refractivity contribution is 14.0. The lowest BCUT2D eigenvalue weighted by atomic mass is 9.88. The molecule has 1 aromatic rings. The lowest BCUT2D eigenvalue weighted by Gasteiger charge is -2.43. The number of nitrogens with zero attached hydrogens (tertiary/aromatic N) is 3. The summed E-state index contributed by atoms with van der Waals surface area (Å²) >= 11 is 0. The Labute approximate surface area is 181 Å². The van der Waals surface area contributed by atoms with Gasteiger partial charge in [0.25, 0.3) is 0 Å². The minimum absolute atomic E-state index is 0. The standard InChI is InChI=1S/C21H34N4O.HI/c1-3-22-20(24(2)17-19-9-5-4-6-10-19)23-18-21(11-15-26-16-12-21)25-13-7-8-14-25;/h4-6,9-10H,3,7-8,11-18H2,1-2H3,(H,22,23);1H. The van der Waals surface area contributed by atoms with Crippen LogP contribution in [0.2, 0.25) is 0 Å². The summed E-state index contributed by atoms with van der Waals surface area (Å²) in [7, 11) is 2.13. The van der Waals surface area contributed by atoms with E-state index in [-0.39, 0.29) is 29.5 Å². The number of guanidine groups is 1. The van der Waals surface area contributed by atoms with Crippen molar-refractivity contribution in [1.82, 2.24) is 15.1 Å². The number of aliphatic imine (C=N–C) groups is 1. The van der Waals surface area contributed by atoms with E-state index in [0.29, 0.717) is 0 Å². The Kier molecular flexibility index (Phi) is 9.32. The van der Waals surface area contributed by atoms with E-state index in [2.05, 4.69) is 59.4 Å². The molecule has 5 nitrogen and oxygen atoms in total. The highest BCUT2D eigenvalue weighted by Crippen LogP contribution is 2.31. The summed E-state index contributed by atoms with van der Waals surface area (Å²) in [5.41, 5.74) is 1.49. The smallest absolute Gasteiger partial charge is 0.194 e. The summed E-state index contributed by atoms with van der Waals surface area (Å²) in [6.07, 6.45) is 4.83. The van der Waals surface area contributed by atoms with Crippen molar-refractivity contribution in [1.29, 1.82) is 0 Å². The first-order valence-electron chi connectivity index (χ1n) is 10.1. The molecule has 2 saturated heterocycles. The van der Waals surface area contributed by atoms with E-state index < -0.39 is 0 Å². The Morgan fingerprint density at radius 2 is 1.85 bits per heavy atom. The van der Waals surface area contributed by atoms with Gasteiger partial charge in [-0.3, -0.25) is 9.89 Å². The second-order valence-corrected chi connectivity index (χ2v) is 7.54. The van der Waals surface area contributed by atoms with E-state index in [1.54, 1.807) is 0 Å². The largest absolute Gasteiger partial charge is 0.381 e. The van der Waals surface area contributed by atoms with Crippen LogP contribution in [0.4, 0.5) is 0 Å². The van der Waals surface area contributed by atoms with E-state index in [4.69, 9.17) is 9.73 Å². The number of likely N-dealkylation sites (tertiary alicyclic amines) is 1. The van der Waals surface area contributed by atoms with Crippen molar-refractivity contribution < 1.29 is 4.74 Å². The van der Waals surface area contributed by atoms with Gasteiger partial charge in [-0.15, -0.1) is 24.0 Å². The Balaban J connectivity index is 0.00000261. The molecule has 2 aliphatic rings. The molecule has 0 aliphatic carbocycles. The zero-order valence-electron chi connectivity index (χ0n) is 16.8. The molecule has 0 bridgehead atoms. The molecule has 6 heteroatoms. The average Bonchev–Trinajstić information content (AvgIpc) is 3.22. The van der Waals surface area contributed by atoms with Gasteiger partial charge in [0.05, 0.1) is 6.54 Å². The normalized spacial score (nSPS) is 20.1. The SMILES string of the molecule is CCNC(=NCC1(N2CCCC2)CCOCC1)N(C)Cc1ccccc1.I. The Morgan fingerprint density at radius 3 is 2.48 bits per heavy atom. The minimum atomic E-state index is 0. The van der Waals surface area contributed by atoms with Crippen LogP contribution in [-0.2, 0) is 11.3 Å². The summed E-state index contributed by atoms with van der Waals surface area (Å²) in [5, 5.41) is 3.48.